The van der Waals surface area contributed by atoms with Crippen molar-refractivity contribution in [3.05, 3.63) is 16.6 Å². The molecule has 1 aliphatic rings. The quantitative estimate of drug-likeness (QED) is 0.829. The zero-order valence-corrected chi connectivity index (χ0v) is 9.43. The van der Waals surface area contributed by atoms with E-state index in [0.717, 1.165) is 24.6 Å². The average molecular weight is 212 g/mol. The van der Waals surface area contributed by atoms with Gasteiger partial charge in [-0.05, 0) is 20.3 Å². The maximum Gasteiger partial charge on any atom is 0.106 e. The number of nitrogens with one attached hydrogen (secondary N) is 1. The van der Waals surface area contributed by atoms with Gasteiger partial charge in [-0.3, -0.25) is 0 Å². The van der Waals surface area contributed by atoms with Gasteiger partial charge in [0.25, 0.3) is 0 Å². The minimum absolute atomic E-state index is 0.0422. The van der Waals surface area contributed by atoms with Gasteiger partial charge in [-0.1, -0.05) is 0 Å². The maximum absolute atomic E-state index is 5.64. The lowest BCUT2D eigenvalue weighted by atomic mass is 10.0. The molecule has 1 aromatic heterocycles. The highest BCUT2D eigenvalue weighted by atomic mass is 32.1. The summed E-state index contributed by atoms with van der Waals surface area (Å²) in [6.45, 7) is 5.95. The first-order chi connectivity index (χ1) is 6.66. The molecule has 0 amide bonds. The van der Waals surface area contributed by atoms with Crippen molar-refractivity contribution in [1.29, 1.82) is 0 Å². The molecule has 1 saturated heterocycles. The average Bonchev–Trinajstić information content (AvgIpc) is 2.70. The number of ether oxygens (including phenoxy) is 1. The molecule has 4 heteroatoms. The van der Waals surface area contributed by atoms with Crippen molar-refractivity contribution in [3.8, 4) is 0 Å². The van der Waals surface area contributed by atoms with E-state index in [0.29, 0.717) is 6.04 Å². The second-order valence-corrected chi connectivity index (χ2v) is 5.26. The molecule has 2 rings (SSSR count). The predicted molar refractivity (Wildman–Crippen MR) is 57.4 cm³/mol. The highest BCUT2D eigenvalue weighted by Gasteiger charge is 2.31. The fourth-order valence-corrected chi connectivity index (χ4v) is 2.31. The van der Waals surface area contributed by atoms with Crippen molar-refractivity contribution in [1.82, 2.24) is 10.3 Å². The van der Waals surface area contributed by atoms with Gasteiger partial charge in [0, 0.05) is 24.2 Å². The van der Waals surface area contributed by atoms with Gasteiger partial charge in [-0.2, -0.15) is 0 Å². The third kappa shape index (κ3) is 2.53. The molecule has 1 aromatic rings. The molecule has 1 atom stereocenters. The Labute approximate surface area is 88.5 Å². The maximum atomic E-state index is 5.64. The second-order valence-electron chi connectivity index (χ2n) is 4.28. The van der Waals surface area contributed by atoms with E-state index >= 15 is 0 Å². The summed E-state index contributed by atoms with van der Waals surface area (Å²) in [5.74, 6) is 0. The summed E-state index contributed by atoms with van der Waals surface area (Å²) >= 11 is 1.69. The van der Waals surface area contributed by atoms with E-state index in [2.05, 4.69) is 24.1 Å². The van der Waals surface area contributed by atoms with Gasteiger partial charge in [-0.25, -0.2) is 4.98 Å². The fourth-order valence-electron chi connectivity index (χ4n) is 1.74. The Morgan fingerprint density at radius 1 is 1.71 bits per heavy atom. The summed E-state index contributed by atoms with van der Waals surface area (Å²) in [6.07, 6.45) is 2.93. The first-order valence-corrected chi connectivity index (χ1v) is 5.79. The fraction of sp³-hybridized carbons (Fsp3) is 0.700. The van der Waals surface area contributed by atoms with Gasteiger partial charge < -0.3 is 10.1 Å². The summed E-state index contributed by atoms with van der Waals surface area (Å²) in [6, 6.07) is 0.480. The van der Waals surface area contributed by atoms with Gasteiger partial charge in [-0.15, -0.1) is 11.3 Å². The Hall–Kier alpha value is -0.450. The first kappa shape index (κ1) is 10.1. The number of thiazole rings is 1. The molecule has 1 N–H and O–H groups in total. The molecule has 0 spiro atoms. The van der Waals surface area contributed by atoms with Gasteiger partial charge >= 0.3 is 0 Å². The van der Waals surface area contributed by atoms with Gasteiger partial charge in [0.15, 0.2) is 0 Å². The van der Waals surface area contributed by atoms with Crippen LogP contribution in [0.1, 0.15) is 25.3 Å². The van der Waals surface area contributed by atoms with Crippen LogP contribution in [0, 0.1) is 0 Å². The molecule has 0 bridgehead atoms. The van der Waals surface area contributed by atoms with Gasteiger partial charge in [0.1, 0.15) is 5.01 Å². The summed E-state index contributed by atoms with van der Waals surface area (Å²) in [7, 11) is 0. The zero-order valence-electron chi connectivity index (χ0n) is 8.62. The number of nitrogens with zero attached hydrogens (tertiary/aromatic N) is 1. The summed E-state index contributed by atoms with van der Waals surface area (Å²) in [5, 5.41) is 6.62. The largest absolute Gasteiger partial charge is 0.374 e. The summed E-state index contributed by atoms with van der Waals surface area (Å²) < 4.78 is 5.64. The third-order valence-corrected chi connectivity index (χ3v) is 3.22. The summed E-state index contributed by atoms with van der Waals surface area (Å²) in [4.78, 5) is 4.23. The Kier molecular flexibility index (Phi) is 2.85. The highest BCUT2D eigenvalue weighted by molar-refractivity contribution is 7.09. The molecule has 1 fully saturated rings. The first-order valence-electron chi connectivity index (χ1n) is 4.91. The number of rotatable bonds is 3. The van der Waals surface area contributed by atoms with Crippen LogP contribution in [0.15, 0.2) is 11.6 Å². The monoisotopic (exact) mass is 212 g/mol. The molecule has 2 heterocycles. The van der Waals surface area contributed by atoms with E-state index < -0.39 is 0 Å². The zero-order chi connectivity index (χ0) is 10.0. The molecule has 78 valence electrons. The molecular formula is C10H16N2OS. The lowest BCUT2D eigenvalue weighted by Gasteiger charge is -2.15. The molecular weight excluding hydrogens is 196 g/mol. The normalized spacial score (nSPS) is 25.4. The Bertz CT molecular complexity index is 284. The molecule has 0 saturated carbocycles. The van der Waals surface area contributed by atoms with Crippen molar-refractivity contribution in [2.75, 3.05) is 6.61 Å². The molecule has 1 aliphatic heterocycles. The number of aromatic nitrogens is 1. The van der Waals surface area contributed by atoms with Crippen molar-refractivity contribution in [2.24, 2.45) is 0 Å². The van der Waals surface area contributed by atoms with Crippen molar-refractivity contribution in [2.45, 2.75) is 38.5 Å². The summed E-state index contributed by atoms with van der Waals surface area (Å²) in [5.41, 5.74) is 0.0422. The van der Waals surface area contributed by atoms with Crippen LogP contribution in [0.5, 0.6) is 0 Å². The van der Waals surface area contributed by atoms with E-state index in [-0.39, 0.29) is 5.60 Å². The standard InChI is InChI=1S/C10H16N2OS/c1-10(2)5-8(7-13-10)12-6-9-11-3-4-14-9/h3-4,8,12H,5-7H2,1-2H3. The molecule has 0 radical (unpaired) electrons. The molecule has 0 aliphatic carbocycles. The van der Waals surface area contributed by atoms with Crippen molar-refractivity contribution < 1.29 is 4.74 Å². The van der Waals surface area contributed by atoms with Crippen LogP contribution < -0.4 is 5.32 Å². The predicted octanol–water partition coefficient (Wildman–Crippen LogP) is 1.80. The molecule has 0 aromatic carbocycles. The topological polar surface area (TPSA) is 34.2 Å². The lowest BCUT2D eigenvalue weighted by Crippen LogP contribution is -2.29. The molecule has 1 unspecified atom stereocenters. The van der Waals surface area contributed by atoms with E-state index in [9.17, 15) is 0 Å². The van der Waals surface area contributed by atoms with E-state index in [4.69, 9.17) is 4.74 Å². The highest BCUT2D eigenvalue weighted by Crippen LogP contribution is 2.24. The van der Waals surface area contributed by atoms with E-state index in [1.165, 1.54) is 0 Å². The van der Waals surface area contributed by atoms with Gasteiger partial charge in [0.05, 0.1) is 12.2 Å². The lowest BCUT2D eigenvalue weighted by molar-refractivity contribution is 0.0357. The molecule has 3 nitrogen and oxygen atoms in total. The smallest absolute Gasteiger partial charge is 0.106 e. The third-order valence-electron chi connectivity index (χ3n) is 2.44. The van der Waals surface area contributed by atoms with E-state index in [1.807, 2.05) is 11.6 Å². The van der Waals surface area contributed by atoms with Crippen LogP contribution in [-0.2, 0) is 11.3 Å². The number of hydrogen-bond acceptors (Lipinski definition) is 4. The Morgan fingerprint density at radius 3 is 3.14 bits per heavy atom. The second kappa shape index (κ2) is 3.96. The van der Waals surface area contributed by atoms with Crippen LogP contribution in [0.4, 0.5) is 0 Å². The van der Waals surface area contributed by atoms with Crippen LogP contribution in [0.25, 0.3) is 0 Å². The Morgan fingerprint density at radius 2 is 2.57 bits per heavy atom. The van der Waals surface area contributed by atoms with Crippen LogP contribution in [-0.4, -0.2) is 23.2 Å². The number of hydrogen-bond donors (Lipinski definition) is 1. The SMILES string of the molecule is CC1(C)CC(NCc2nccs2)CO1. The minimum atomic E-state index is 0.0422. The molecule has 14 heavy (non-hydrogen) atoms. The Balaban J connectivity index is 1.78. The van der Waals surface area contributed by atoms with Crippen LogP contribution in [0.3, 0.4) is 0 Å². The van der Waals surface area contributed by atoms with Crippen LogP contribution in [0.2, 0.25) is 0 Å². The van der Waals surface area contributed by atoms with E-state index in [1.54, 1.807) is 11.3 Å². The van der Waals surface area contributed by atoms with Crippen molar-refractivity contribution in [3.63, 3.8) is 0 Å². The minimum Gasteiger partial charge on any atom is -0.374 e. The van der Waals surface area contributed by atoms with Crippen LogP contribution >= 0.6 is 11.3 Å². The van der Waals surface area contributed by atoms with Crippen molar-refractivity contribution >= 4 is 11.3 Å². The van der Waals surface area contributed by atoms with Gasteiger partial charge in [0.2, 0.25) is 0 Å².